The van der Waals surface area contributed by atoms with E-state index in [1.54, 1.807) is 14.2 Å². The van der Waals surface area contributed by atoms with Crippen LogP contribution in [-0.2, 0) is 4.74 Å². The molecule has 4 heteroatoms. The number of hydrogen-bond donors (Lipinski definition) is 1. The van der Waals surface area contributed by atoms with Gasteiger partial charge in [0.15, 0.2) is 0 Å². The highest BCUT2D eigenvalue weighted by Gasteiger charge is 2.06. The van der Waals surface area contributed by atoms with Gasteiger partial charge in [-0.3, -0.25) is 0 Å². The van der Waals surface area contributed by atoms with Gasteiger partial charge in [0, 0.05) is 19.2 Å². The number of ether oxygens (including phenoxy) is 2. The third kappa shape index (κ3) is 3.61. The van der Waals surface area contributed by atoms with Crippen LogP contribution in [0.25, 0.3) is 0 Å². The van der Waals surface area contributed by atoms with Gasteiger partial charge in [-0.2, -0.15) is 0 Å². The van der Waals surface area contributed by atoms with Crippen molar-refractivity contribution in [2.45, 2.75) is 13.0 Å². The minimum absolute atomic E-state index is 0.208. The molecule has 0 amide bonds. The van der Waals surface area contributed by atoms with Crippen LogP contribution in [0.4, 0.5) is 5.69 Å². The number of hydrogen-bond acceptors (Lipinski definition) is 3. The van der Waals surface area contributed by atoms with Gasteiger partial charge < -0.3 is 14.8 Å². The molecule has 0 spiro atoms. The maximum absolute atomic E-state index is 6.04. The molecule has 0 bridgehead atoms. The van der Waals surface area contributed by atoms with E-state index in [0.717, 1.165) is 11.4 Å². The van der Waals surface area contributed by atoms with Crippen molar-refractivity contribution in [1.82, 2.24) is 0 Å². The SMILES string of the molecule is COCC(C)Nc1cc(OC)ccc1Cl. The molecule has 3 nitrogen and oxygen atoms in total. The van der Waals surface area contributed by atoms with E-state index in [9.17, 15) is 0 Å². The Balaban J connectivity index is 2.74. The molecule has 0 radical (unpaired) electrons. The molecule has 1 unspecified atom stereocenters. The lowest BCUT2D eigenvalue weighted by atomic mass is 10.2. The van der Waals surface area contributed by atoms with Crippen LogP contribution in [0.3, 0.4) is 0 Å². The molecular weight excluding hydrogens is 214 g/mol. The number of nitrogens with one attached hydrogen (secondary N) is 1. The summed E-state index contributed by atoms with van der Waals surface area (Å²) in [6.45, 7) is 2.66. The quantitative estimate of drug-likeness (QED) is 0.842. The molecule has 15 heavy (non-hydrogen) atoms. The van der Waals surface area contributed by atoms with Crippen molar-refractivity contribution in [2.24, 2.45) is 0 Å². The van der Waals surface area contributed by atoms with Gasteiger partial charge in [0.25, 0.3) is 0 Å². The number of benzene rings is 1. The molecule has 1 rings (SSSR count). The van der Waals surface area contributed by atoms with Crippen molar-refractivity contribution >= 4 is 17.3 Å². The average Bonchev–Trinajstić information content (AvgIpc) is 2.21. The lowest BCUT2D eigenvalue weighted by Crippen LogP contribution is -2.20. The molecular formula is C11H16ClNO2. The molecule has 0 heterocycles. The van der Waals surface area contributed by atoms with E-state index >= 15 is 0 Å². The second kappa shape index (κ2) is 5.83. The molecule has 0 saturated heterocycles. The fraction of sp³-hybridized carbons (Fsp3) is 0.455. The minimum Gasteiger partial charge on any atom is -0.497 e. The fourth-order valence-electron chi connectivity index (χ4n) is 1.30. The topological polar surface area (TPSA) is 30.5 Å². The van der Waals surface area contributed by atoms with Gasteiger partial charge in [0.1, 0.15) is 5.75 Å². The highest BCUT2D eigenvalue weighted by molar-refractivity contribution is 6.33. The first kappa shape index (κ1) is 12.1. The van der Waals surface area contributed by atoms with E-state index in [0.29, 0.717) is 11.6 Å². The first-order valence-corrected chi connectivity index (χ1v) is 5.14. The summed E-state index contributed by atoms with van der Waals surface area (Å²) in [5.74, 6) is 0.784. The minimum atomic E-state index is 0.208. The monoisotopic (exact) mass is 229 g/mol. The summed E-state index contributed by atoms with van der Waals surface area (Å²) >= 11 is 6.04. The van der Waals surface area contributed by atoms with Gasteiger partial charge in [-0.1, -0.05) is 11.6 Å². The number of methoxy groups -OCH3 is 2. The lowest BCUT2D eigenvalue weighted by molar-refractivity contribution is 0.190. The van der Waals surface area contributed by atoms with Gasteiger partial charge in [-0.15, -0.1) is 0 Å². The molecule has 0 aliphatic heterocycles. The molecule has 0 saturated carbocycles. The van der Waals surface area contributed by atoms with Crippen LogP contribution in [0.5, 0.6) is 5.75 Å². The molecule has 0 aliphatic carbocycles. The van der Waals surface area contributed by atoms with Crippen molar-refractivity contribution in [1.29, 1.82) is 0 Å². The highest BCUT2D eigenvalue weighted by atomic mass is 35.5. The van der Waals surface area contributed by atoms with E-state index in [4.69, 9.17) is 21.1 Å². The fourth-order valence-corrected chi connectivity index (χ4v) is 1.47. The number of anilines is 1. The molecule has 84 valence electrons. The molecule has 1 N–H and O–H groups in total. The van der Waals surface area contributed by atoms with Crippen LogP contribution in [0.1, 0.15) is 6.92 Å². The number of rotatable bonds is 5. The van der Waals surface area contributed by atoms with Gasteiger partial charge in [0.05, 0.1) is 24.4 Å². The summed E-state index contributed by atoms with van der Waals surface area (Å²) in [6.07, 6.45) is 0. The Kier molecular flexibility index (Phi) is 4.72. The van der Waals surface area contributed by atoms with Crippen LogP contribution < -0.4 is 10.1 Å². The maximum Gasteiger partial charge on any atom is 0.121 e. The molecule has 1 aromatic rings. The van der Waals surface area contributed by atoms with Gasteiger partial charge in [0.2, 0.25) is 0 Å². The Morgan fingerprint density at radius 3 is 2.73 bits per heavy atom. The van der Waals surface area contributed by atoms with Crippen LogP contribution in [0.15, 0.2) is 18.2 Å². The van der Waals surface area contributed by atoms with Crippen LogP contribution in [0.2, 0.25) is 5.02 Å². The Hall–Kier alpha value is -0.930. The normalized spacial score (nSPS) is 12.3. The Morgan fingerprint density at radius 1 is 1.40 bits per heavy atom. The predicted octanol–water partition coefficient (Wildman–Crippen LogP) is 2.80. The average molecular weight is 230 g/mol. The van der Waals surface area contributed by atoms with E-state index < -0.39 is 0 Å². The van der Waals surface area contributed by atoms with E-state index in [1.807, 2.05) is 25.1 Å². The van der Waals surface area contributed by atoms with E-state index in [-0.39, 0.29) is 6.04 Å². The van der Waals surface area contributed by atoms with Gasteiger partial charge in [-0.05, 0) is 19.1 Å². The first-order valence-electron chi connectivity index (χ1n) is 4.76. The maximum atomic E-state index is 6.04. The molecule has 0 aliphatic rings. The number of halogens is 1. The largest absolute Gasteiger partial charge is 0.497 e. The predicted molar refractivity (Wildman–Crippen MR) is 63.0 cm³/mol. The molecule has 0 aromatic heterocycles. The molecule has 1 atom stereocenters. The molecule has 1 aromatic carbocycles. The summed E-state index contributed by atoms with van der Waals surface area (Å²) in [6, 6.07) is 5.71. The summed E-state index contributed by atoms with van der Waals surface area (Å²) in [5, 5.41) is 3.93. The third-order valence-corrected chi connectivity index (χ3v) is 2.32. The Morgan fingerprint density at radius 2 is 2.13 bits per heavy atom. The third-order valence-electron chi connectivity index (χ3n) is 1.99. The van der Waals surface area contributed by atoms with Gasteiger partial charge in [-0.25, -0.2) is 0 Å². The summed E-state index contributed by atoms with van der Waals surface area (Å²) in [5.41, 5.74) is 0.862. The second-order valence-electron chi connectivity index (χ2n) is 3.35. The second-order valence-corrected chi connectivity index (χ2v) is 3.75. The zero-order chi connectivity index (χ0) is 11.3. The zero-order valence-electron chi connectivity index (χ0n) is 9.21. The van der Waals surface area contributed by atoms with Crippen LogP contribution in [0, 0.1) is 0 Å². The van der Waals surface area contributed by atoms with Crippen LogP contribution >= 0.6 is 11.6 Å². The summed E-state index contributed by atoms with van der Waals surface area (Å²) in [7, 11) is 3.30. The van der Waals surface area contributed by atoms with E-state index in [1.165, 1.54) is 0 Å². The van der Waals surface area contributed by atoms with Crippen molar-refractivity contribution in [3.05, 3.63) is 23.2 Å². The Bertz CT molecular complexity index is 317. The standard InChI is InChI=1S/C11H16ClNO2/c1-8(7-14-2)13-11-6-9(15-3)4-5-10(11)12/h4-6,8,13H,7H2,1-3H3. The van der Waals surface area contributed by atoms with Crippen molar-refractivity contribution in [2.75, 3.05) is 26.1 Å². The zero-order valence-corrected chi connectivity index (χ0v) is 9.97. The first-order chi connectivity index (χ1) is 7.17. The highest BCUT2D eigenvalue weighted by Crippen LogP contribution is 2.27. The summed E-state index contributed by atoms with van der Waals surface area (Å²) in [4.78, 5) is 0. The molecule has 0 fully saturated rings. The van der Waals surface area contributed by atoms with Crippen molar-refractivity contribution in [3.63, 3.8) is 0 Å². The Labute approximate surface area is 95.3 Å². The lowest BCUT2D eigenvalue weighted by Gasteiger charge is -2.16. The van der Waals surface area contributed by atoms with Crippen molar-refractivity contribution < 1.29 is 9.47 Å². The van der Waals surface area contributed by atoms with Crippen molar-refractivity contribution in [3.8, 4) is 5.75 Å². The van der Waals surface area contributed by atoms with E-state index in [2.05, 4.69) is 5.32 Å². The van der Waals surface area contributed by atoms with Crippen LogP contribution in [-0.4, -0.2) is 26.9 Å². The summed E-state index contributed by atoms with van der Waals surface area (Å²) < 4.78 is 10.2. The smallest absolute Gasteiger partial charge is 0.121 e. The van der Waals surface area contributed by atoms with Gasteiger partial charge >= 0.3 is 0 Å².